The zero-order valence-electron chi connectivity index (χ0n) is 26.1. The summed E-state index contributed by atoms with van der Waals surface area (Å²) in [5.41, 5.74) is 7.30. The van der Waals surface area contributed by atoms with Crippen LogP contribution in [0, 0.1) is 0 Å². The van der Waals surface area contributed by atoms with Crippen molar-refractivity contribution in [2.45, 2.75) is 38.5 Å². The van der Waals surface area contributed by atoms with E-state index in [-0.39, 0.29) is 30.9 Å². The van der Waals surface area contributed by atoms with Crippen molar-refractivity contribution in [2.24, 2.45) is 0 Å². The molecule has 0 aliphatic carbocycles. The van der Waals surface area contributed by atoms with Crippen LogP contribution in [0.5, 0.6) is 0 Å². The summed E-state index contributed by atoms with van der Waals surface area (Å²) in [6, 6.07) is 33.9. The number of para-hydroxylation sites is 4. The summed E-state index contributed by atoms with van der Waals surface area (Å²) < 4.78 is 0.895. The van der Waals surface area contributed by atoms with Crippen LogP contribution in [0.3, 0.4) is 0 Å². The molecule has 0 atom stereocenters. The third kappa shape index (κ3) is 4.75. The predicted molar refractivity (Wildman–Crippen MR) is 185 cm³/mol. The minimum atomic E-state index is -0.693. The number of carbonyl (C=O) groups excluding carboxylic acids is 3. The van der Waals surface area contributed by atoms with Crippen LogP contribution in [-0.2, 0) is 20.4 Å². The van der Waals surface area contributed by atoms with Crippen LogP contribution in [0.1, 0.15) is 54.4 Å². The molecule has 0 bridgehead atoms. The number of nitrogens with zero attached hydrogens (tertiary/aromatic N) is 2. The summed E-state index contributed by atoms with van der Waals surface area (Å²) in [5.74, 6) is -1.25. The third-order valence-corrected chi connectivity index (χ3v) is 11.0. The molecule has 1 saturated heterocycles. The zero-order chi connectivity index (χ0) is 32.2. The molecule has 1 N–H and O–H groups in total. The van der Waals surface area contributed by atoms with Crippen molar-refractivity contribution in [1.29, 1.82) is 0 Å². The van der Waals surface area contributed by atoms with E-state index < -0.39 is 17.8 Å². The van der Waals surface area contributed by atoms with Gasteiger partial charge < -0.3 is 0 Å². The molecule has 3 heterocycles. The van der Waals surface area contributed by atoms with Gasteiger partial charge in [-0.05, 0) is 0 Å². The number of fused-ring (bicyclic) bond motifs is 2. The SMILES string of the molecule is CC(C)(c1c[se]c(C=C2C(=O)N(c3ccccc3)C(=O)N(c3ccccc3)C2=O)c1)c1cccc2c1Nc1ccccc1C2(C)C. The Morgan fingerprint density at radius 3 is 1.91 bits per heavy atom. The molecule has 5 aromatic rings. The van der Waals surface area contributed by atoms with Crippen molar-refractivity contribution in [2.75, 3.05) is 15.1 Å². The molecule has 6 nitrogen and oxygen atoms in total. The molecule has 7 rings (SSSR count). The summed E-state index contributed by atoms with van der Waals surface area (Å²) in [4.78, 5) is 45.8. The first-order chi connectivity index (χ1) is 22.1. The molecule has 7 heteroatoms. The Kier molecular flexibility index (Phi) is 7.19. The van der Waals surface area contributed by atoms with Crippen molar-refractivity contribution >= 4 is 61.2 Å². The van der Waals surface area contributed by atoms with Gasteiger partial charge in [0.1, 0.15) is 0 Å². The van der Waals surface area contributed by atoms with Gasteiger partial charge in [0.15, 0.2) is 0 Å². The normalized spacial score (nSPS) is 15.7. The second-order valence-electron chi connectivity index (χ2n) is 12.7. The van der Waals surface area contributed by atoms with Gasteiger partial charge in [-0.3, -0.25) is 0 Å². The van der Waals surface area contributed by atoms with Crippen LogP contribution in [0.2, 0.25) is 0 Å². The van der Waals surface area contributed by atoms with E-state index in [2.05, 4.69) is 86.5 Å². The maximum absolute atomic E-state index is 13.9. The van der Waals surface area contributed by atoms with Crippen LogP contribution in [-0.4, -0.2) is 32.3 Å². The Bertz CT molecular complexity index is 1980. The van der Waals surface area contributed by atoms with Gasteiger partial charge in [0.2, 0.25) is 0 Å². The van der Waals surface area contributed by atoms with Gasteiger partial charge in [-0.15, -0.1) is 0 Å². The Hall–Kier alpha value is -4.97. The number of anilines is 4. The Labute approximate surface area is 274 Å². The number of rotatable bonds is 5. The van der Waals surface area contributed by atoms with Gasteiger partial charge in [0.25, 0.3) is 0 Å². The predicted octanol–water partition coefficient (Wildman–Crippen LogP) is 8.04. The van der Waals surface area contributed by atoms with E-state index in [0.717, 1.165) is 31.2 Å². The molecule has 0 saturated carbocycles. The molecule has 0 radical (unpaired) electrons. The summed E-state index contributed by atoms with van der Waals surface area (Å²) in [5, 5.41) is 3.74. The molecule has 1 fully saturated rings. The summed E-state index contributed by atoms with van der Waals surface area (Å²) in [7, 11) is 0. The van der Waals surface area contributed by atoms with E-state index in [9.17, 15) is 14.4 Å². The molecule has 46 heavy (non-hydrogen) atoms. The van der Waals surface area contributed by atoms with Gasteiger partial charge in [0.05, 0.1) is 0 Å². The number of urea groups is 1. The van der Waals surface area contributed by atoms with Crippen molar-refractivity contribution < 1.29 is 14.4 Å². The van der Waals surface area contributed by atoms with E-state index in [4.69, 9.17) is 0 Å². The Morgan fingerprint density at radius 2 is 1.28 bits per heavy atom. The number of barbiturate groups is 1. The number of carbonyl (C=O) groups is 3. The third-order valence-electron chi connectivity index (χ3n) is 9.18. The Morgan fingerprint density at radius 1 is 0.717 bits per heavy atom. The van der Waals surface area contributed by atoms with Crippen molar-refractivity contribution in [3.63, 3.8) is 0 Å². The van der Waals surface area contributed by atoms with Gasteiger partial charge in [0, 0.05) is 0 Å². The number of hydrogen-bond donors (Lipinski definition) is 1. The number of benzene rings is 4. The second-order valence-corrected chi connectivity index (χ2v) is 14.7. The molecule has 4 amide bonds. The van der Waals surface area contributed by atoms with Gasteiger partial charge in [-0.25, -0.2) is 0 Å². The fourth-order valence-electron chi connectivity index (χ4n) is 6.54. The second kappa shape index (κ2) is 11.1. The maximum atomic E-state index is 13.9. The van der Waals surface area contributed by atoms with Crippen LogP contribution in [0.15, 0.2) is 120 Å². The standard InChI is InChI=1S/C39H33N3O3Se/c1-38(2,31-19-13-20-32-34(31)40-33-21-12-11-18-30(33)39(32,3)4)25-22-28(46-24-25)23-29-35(43)41(26-14-7-5-8-15-26)37(45)42(36(29)44)27-16-9-6-10-17-27/h5-24,40H,1-4H3. The average Bonchev–Trinajstić information content (AvgIpc) is 3.54. The number of imide groups is 2. The summed E-state index contributed by atoms with van der Waals surface area (Å²) in [6.07, 6.45) is 1.68. The molecule has 1 aromatic heterocycles. The number of hydrogen-bond acceptors (Lipinski definition) is 4. The average molecular weight is 671 g/mol. The van der Waals surface area contributed by atoms with Crippen molar-refractivity contribution in [3.8, 4) is 0 Å². The monoisotopic (exact) mass is 671 g/mol. The molecule has 0 unspecified atom stereocenters. The van der Waals surface area contributed by atoms with E-state index in [1.54, 1.807) is 54.6 Å². The van der Waals surface area contributed by atoms with Crippen molar-refractivity contribution in [3.05, 3.63) is 146 Å². The molecule has 2 aliphatic rings. The van der Waals surface area contributed by atoms with Crippen LogP contribution in [0.4, 0.5) is 27.5 Å². The first-order valence-electron chi connectivity index (χ1n) is 15.2. The minimum absolute atomic E-state index is 0.0370. The van der Waals surface area contributed by atoms with E-state index in [1.165, 1.54) is 16.7 Å². The topological polar surface area (TPSA) is 69.7 Å². The van der Waals surface area contributed by atoms with E-state index in [0.29, 0.717) is 11.4 Å². The van der Waals surface area contributed by atoms with Crippen LogP contribution < -0.4 is 15.1 Å². The van der Waals surface area contributed by atoms with Gasteiger partial charge >= 0.3 is 276 Å². The van der Waals surface area contributed by atoms with E-state index >= 15 is 0 Å². The molecule has 4 aromatic carbocycles. The molecule has 2 aliphatic heterocycles. The van der Waals surface area contributed by atoms with E-state index in [1.807, 2.05) is 12.1 Å². The Balaban J connectivity index is 1.28. The summed E-state index contributed by atoms with van der Waals surface area (Å²) in [6.45, 7) is 8.97. The first-order valence-corrected chi connectivity index (χ1v) is 17.1. The first kappa shape index (κ1) is 29.7. The van der Waals surface area contributed by atoms with Crippen LogP contribution in [0.25, 0.3) is 6.08 Å². The number of amides is 4. The van der Waals surface area contributed by atoms with Crippen molar-refractivity contribution in [1.82, 2.24) is 0 Å². The fourth-order valence-corrected chi connectivity index (χ4v) is 8.65. The van der Waals surface area contributed by atoms with Gasteiger partial charge in [-0.1, -0.05) is 0 Å². The zero-order valence-corrected chi connectivity index (χ0v) is 27.8. The molecular weight excluding hydrogens is 637 g/mol. The number of nitrogens with one attached hydrogen (secondary N) is 1. The van der Waals surface area contributed by atoms with Crippen LogP contribution >= 0.6 is 0 Å². The molecular formula is C39H33N3O3Se. The molecule has 228 valence electrons. The molecule has 0 spiro atoms. The fraction of sp³-hybridized carbons (Fsp3) is 0.154. The summed E-state index contributed by atoms with van der Waals surface area (Å²) >= 11 is -0.120. The van der Waals surface area contributed by atoms with Gasteiger partial charge in [-0.2, -0.15) is 0 Å². The quantitative estimate of drug-likeness (QED) is 0.117.